The van der Waals surface area contributed by atoms with Crippen molar-refractivity contribution in [3.63, 3.8) is 0 Å². The molecule has 0 bridgehead atoms. The molecule has 92 valence electrons. The number of halogens is 1. The first-order chi connectivity index (χ1) is 8.02. The van der Waals surface area contributed by atoms with Gasteiger partial charge < -0.3 is 10.1 Å². The van der Waals surface area contributed by atoms with Gasteiger partial charge in [-0.2, -0.15) is 0 Å². The molecule has 0 radical (unpaired) electrons. The second-order valence-corrected chi connectivity index (χ2v) is 3.95. The largest absolute Gasteiger partial charge is 0.496 e. The Hall–Kier alpha value is -1.59. The second-order valence-electron chi connectivity index (χ2n) is 3.42. The Labute approximate surface area is 104 Å². The number of hydrogen-bond acceptors (Lipinski definition) is 4. The Kier molecular flexibility index (Phi) is 4.93. The molecule has 1 rings (SSSR count). The molecular formula is C11H13ClN2O3. The number of nitro benzene ring substituents is 1. The summed E-state index contributed by atoms with van der Waals surface area (Å²) in [5.41, 5.74) is 0.764. The van der Waals surface area contributed by atoms with Gasteiger partial charge in [-0.1, -0.05) is 18.2 Å². The molecule has 0 aliphatic carbocycles. The number of nitrogens with zero attached hydrogens (tertiary/aromatic N) is 1. The van der Waals surface area contributed by atoms with E-state index in [4.69, 9.17) is 16.3 Å². The Morgan fingerprint density at radius 1 is 1.59 bits per heavy atom. The van der Waals surface area contributed by atoms with E-state index in [1.807, 2.05) is 0 Å². The summed E-state index contributed by atoms with van der Waals surface area (Å²) in [7, 11) is 1.47. The van der Waals surface area contributed by atoms with Crippen LogP contribution in [0.3, 0.4) is 0 Å². The van der Waals surface area contributed by atoms with Crippen LogP contribution < -0.4 is 10.1 Å². The van der Waals surface area contributed by atoms with Gasteiger partial charge in [-0.25, -0.2) is 0 Å². The van der Waals surface area contributed by atoms with Crippen molar-refractivity contribution in [2.45, 2.75) is 6.54 Å². The van der Waals surface area contributed by atoms with Gasteiger partial charge in [0.1, 0.15) is 5.75 Å². The average molecular weight is 257 g/mol. The summed E-state index contributed by atoms with van der Waals surface area (Å²) in [4.78, 5) is 10.2. The average Bonchev–Trinajstić information content (AvgIpc) is 2.28. The van der Waals surface area contributed by atoms with Crippen molar-refractivity contribution in [1.82, 2.24) is 5.32 Å². The third-order valence-corrected chi connectivity index (χ3v) is 2.18. The van der Waals surface area contributed by atoms with Gasteiger partial charge in [-0.05, 0) is 11.6 Å². The molecule has 0 aliphatic heterocycles. The molecule has 17 heavy (non-hydrogen) atoms. The molecule has 0 amide bonds. The van der Waals surface area contributed by atoms with Crippen LogP contribution in [0.1, 0.15) is 5.56 Å². The Balaban J connectivity index is 2.80. The van der Waals surface area contributed by atoms with E-state index in [0.29, 0.717) is 23.9 Å². The molecular weight excluding hydrogens is 244 g/mol. The van der Waals surface area contributed by atoms with Gasteiger partial charge in [-0.15, -0.1) is 0 Å². The molecule has 0 saturated heterocycles. The summed E-state index contributed by atoms with van der Waals surface area (Å²) in [6.45, 7) is 4.45. The molecule has 0 saturated carbocycles. The van der Waals surface area contributed by atoms with Crippen LogP contribution in [0.25, 0.3) is 0 Å². The maximum atomic E-state index is 10.7. The van der Waals surface area contributed by atoms with Crippen LogP contribution >= 0.6 is 11.6 Å². The van der Waals surface area contributed by atoms with Crippen LogP contribution in [0.4, 0.5) is 5.69 Å². The zero-order chi connectivity index (χ0) is 12.8. The first kappa shape index (κ1) is 13.5. The molecule has 0 atom stereocenters. The lowest BCUT2D eigenvalue weighted by atomic mass is 10.2. The van der Waals surface area contributed by atoms with Crippen molar-refractivity contribution < 1.29 is 9.66 Å². The van der Waals surface area contributed by atoms with Gasteiger partial charge in [0.2, 0.25) is 0 Å². The fourth-order valence-corrected chi connectivity index (χ4v) is 1.41. The highest BCUT2D eigenvalue weighted by Gasteiger charge is 2.09. The second kappa shape index (κ2) is 6.22. The number of ether oxygens (including phenoxy) is 1. The Morgan fingerprint density at radius 3 is 2.82 bits per heavy atom. The van der Waals surface area contributed by atoms with Gasteiger partial charge in [0.25, 0.3) is 5.69 Å². The first-order valence-corrected chi connectivity index (χ1v) is 5.27. The number of non-ortho nitro benzene ring substituents is 1. The predicted octanol–water partition coefficient (Wildman–Crippen LogP) is 2.45. The molecule has 1 aromatic rings. The lowest BCUT2D eigenvalue weighted by molar-refractivity contribution is -0.385. The highest BCUT2D eigenvalue weighted by Crippen LogP contribution is 2.22. The van der Waals surface area contributed by atoms with Gasteiger partial charge in [0.05, 0.1) is 18.1 Å². The van der Waals surface area contributed by atoms with Crippen molar-refractivity contribution in [2.75, 3.05) is 13.7 Å². The first-order valence-electron chi connectivity index (χ1n) is 4.89. The molecule has 6 heteroatoms. The maximum Gasteiger partial charge on any atom is 0.273 e. The molecule has 5 nitrogen and oxygen atoms in total. The van der Waals surface area contributed by atoms with Crippen LogP contribution in [-0.2, 0) is 6.54 Å². The molecule has 0 aliphatic rings. The number of hydrogen-bond donors (Lipinski definition) is 1. The van der Waals surface area contributed by atoms with Crippen molar-refractivity contribution in [2.24, 2.45) is 0 Å². The predicted molar refractivity (Wildman–Crippen MR) is 66.3 cm³/mol. The molecule has 0 aromatic heterocycles. The summed E-state index contributed by atoms with van der Waals surface area (Å²) < 4.78 is 5.00. The van der Waals surface area contributed by atoms with E-state index in [9.17, 15) is 10.1 Å². The van der Waals surface area contributed by atoms with Crippen molar-refractivity contribution in [1.29, 1.82) is 0 Å². The minimum absolute atomic E-state index is 0.00542. The third kappa shape index (κ3) is 4.42. The zero-order valence-corrected chi connectivity index (χ0v) is 10.2. The van der Waals surface area contributed by atoms with E-state index >= 15 is 0 Å². The number of benzene rings is 1. The summed E-state index contributed by atoms with van der Waals surface area (Å²) in [6, 6.07) is 4.60. The fourth-order valence-electron chi connectivity index (χ4n) is 1.31. The van der Waals surface area contributed by atoms with Gasteiger partial charge in [0.15, 0.2) is 0 Å². The molecule has 1 aromatic carbocycles. The van der Waals surface area contributed by atoms with E-state index in [1.54, 1.807) is 6.07 Å². The van der Waals surface area contributed by atoms with Gasteiger partial charge in [0, 0.05) is 24.2 Å². The quantitative estimate of drug-likeness (QED) is 0.627. The SMILES string of the molecule is C=C(Cl)CNCc1cc(OC)cc([N+](=O)[O-])c1. The highest BCUT2D eigenvalue weighted by molar-refractivity contribution is 6.29. The number of nitrogens with one attached hydrogen (secondary N) is 1. The van der Waals surface area contributed by atoms with E-state index < -0.39 is 4.92 Å². The number of nitro groups is 1. The van der Waals surface area contributed by atoms with Crippen LogP contribution in [-0.4, -0.2) is 18.6 Å². The molecule has 1 N–H and O–H groups in total. The van der Waals surface area contributed by atoms with E-state index in [0.717, 1.165) is 5.56 Å². The molecule has 0 heterocycles. The van der Waals surface area contributed by atoms with E-state index in [-0.39, 0.29) is 5.69 Å². The molecule has 0 unspecified atom stereocenters. The van der Waals surface area contributed by atoms with Crippen LogP contribution in [0, 0.1) is 10.1 Å². The number of rotatable bonds is 6. The van der Waals surface area contributed by atoms with Gasteiger partial charge in [-0.3, -0.25) is 10.1 Å². The minimum Gasteiger partial charge on any atom is -0.496 e. The maximum absolute atomic E-state index is 10.7. The van der Waals surface area contributed by atoms with Crippen LogP contribution in [0.15, 0.2) is 29.8 Å². The van der Waals surface area contributed by atoms with E-state index in [1.165, 1.54) is 19.2 Å². The van der Waals surface area contributed by atoms with Crippen LogP contribution in [0.2, 0.25) is 0 Å². The summed E-state index contributed by atoms with van der Waals surface area (Å²) in [5, 5.41) is 14.2. The lowest BCUT2D eigenvalue weighted by Gasteiger charge is -2.06. The third-order valence-electron chi connectivity index (χ3n) is 2.04. The smallest absolute Gasteiger partial charge is 0.273 e. The number of methoxy groups -OCH3 is 1. The Bertz CT molecular complexity index is 435. The van der Waals surface area contributed by atoms with Gasteiger partial charge >= 0.3 is 0 Å². The van der Waals surface area contributed by atoms with Crippen molar-refractivity contribution >= 4 is 17.3 Å². The van der Waals surface area contributed by atoms with Crippen LogP contribution in [0.5, 0.6) is 5.75 Å². The van der Waals surface area contributed by atoms with Crippen molar-refractivity contribution in [3.8, 4) is 5.75 Å². The monoisotopic (exact) mass is 256 g/mol. The molecule has 0 spiro atoms. The standard InChI is InChI=1S/C11H13ClN2O3/c1-8(12)6-13-7-9-3-10(14(15)16)5-11(4-9)17-2/h3-5,13H,1,6-7H2,2H3. The van der Waals surface area contributed by atoms with Crippen molar-refractivity contribution in [3.05, 3.63) is 45.5 Å². The summed E-state index contributed by atoms with van der Waals surface area (Å²) in [6.07, 6.45) is 0. The molecule has 0 fully saturated rings. The lowest BCUT2D eigenvalue weighted by Crippen LogP contribution is -2.14. The summed E-state index contributed by atoms with van der Waals surface area (Å²) in [5.74, 6) is 0.459. The topological polar surface area (TPSA) is 64.4 Å². The summed E-state index contributed by atoms with van der Waals surface area (Å²) >= 11 is 5.59. The fraction of sp³-hybridized carbons (Fsp3) is 0.273. The normalized spacial score (nSPS) is 10.0. The minimum atomic E-state index is -0.452. The highest BCUT2D eigenvalue weighted by atomic mass is 35.5. The van der Waals surface area contributed by atoms with E-state index in [2.05, 4.69) is 11.9 Å². The zero-order valence-electron chi connectivity index (χ0n) is 9.40. The Morgan fingerprint density at radius 2 is 2.29 bits per heavy atom.